The smallest absolute Gasteiger partial charge is 0.319 e. The molecule has 1 atom stereocenters. The number of pyridine rings is 1. The van der Waals surface area contributed by atoms with Gasteiger partial charge in [0.15, 0.2) is 0 Å². The number of methoxy groups -OCH3 is 2. The molecule has 2 N–H and O–H groups in total. The van der Waals surface area contributed by atoms with Crippen molar-refractivity contribution in [3.63, 3.8) is 0 Å². The molecule has 1 heterocycles. The van der Waals surface area contributed by atoms with Gasteiger partial charge in [-0.15, -0.1) is 0 Å². The molecule has 0 saturated heterocycles. The number of amides is 2. The van der Waals surface area contributed by atoms with Gasteiger partial charge < -0.3 is 20.1 Å². The number of anilines is 1. The number of nitrogens with zero attached hydrogens (tertiary/aromatic N) is 1. The summed E-state index contributed by atoms with van der Waals surface area (Å²) in [6.07, 6.45) is 3.41. The normalized spacial score (nSPS) is 11.4. The number of aromatic nitrogens is 1. The Labute approximate surface area is 129 Å². The summed E-state index contributed by atoms with van der Waals surface area (Å²) in [5.74, 6) is 1.19. The Morgan fingerprint density at radius 1 is 1.23 bits per heavy atom. The topological polar surface area (TPSA) is 72.5 Å². The molecule has 22 heavy (non-hydrogen) atoms. The maximum Gasteiger partial charge on any atom is 0.319 e. The highest BCUT2D eigenvalue weighted by atomic mass is 16.5. The molecule has 116 valence electrons. The Hall–Kier alpha value is -2.76. The molecule has 0 bridgehead atoms. The number of hydrogen-bond acceptors (Lipinski definition) is 4. The van der Waals surface area contributed by atoms with E-state index in [0.29, 0.717) is 17.2 Å². The summed E-state index contributed by atoms with van der Waals surface area (Å²) in [5.41, 5.74) is 1.50. The van der Waals surface area contributed by atoms with Gasteiger partial charge in [0.05, 0.1) is 25.9 Å². The first kappa shape index (κ1) is 15.6. The SMILES string of the molecule is COc1ccc(NC(=O)N[C@H](C)c2cccnc2)c(OC)c1. The van der Waals surface area contributed by atoms with E-state index in [1.54, 1.807) is 37.7 Å². The predicted octanol–water partition coefficient (Wildman–Crippen LogP) is 2.98. The van der Waals surface area contributed by atoms with E-state index in [-0.39, 0.29) is 12.1 Å². The second-order valence-corrected chi connectivity index (χ2v) is 4.67. The summed E-state index contributed by atoms with van der Waals surface area (Å²) in [6.45, 7) is 1.89. The van der Waals surface area contributed by atoms with Crippen molar-refractivity contribution in [1.82, 2.24) is 10.3 Å². The molecular weight excluding hydrogens is 282 g/mol. The van der Waals surface area contributed by atoms with E-state index in [9.17, 15) is 4.79 Å². The van der Waals surface area contributed by atoms with E-state index in [1.807, 2.05) is 19.1 Å². The van der Waals surface area contributed by atoms with Crippen LogP contribution in [0.1, 0.15) is 18.5 Å². The van der Waals surface area contributed by atoms with Crippen LogP contribution in [-0.4, -0.2) is 25.2 Å². The fourth-order valence-electron chi connectivity index (χ4n) is 1.97. The van der Waals surface area contributed by atoms with E-state index in [0.717, 1.165) is 5.56 Å². The molecule has 0 aliphatic heterocycles. The van der Waals surface area contributed by atoms with Crippen LogP contribution in [0, 0.1) is 0 Å². The lowest BCUT2D eigenvalue weighted by atomic mass is 10.1. The molecule has 6 heteroatoms. The molecule has 0 saturated carbocycles. The standard InChI is InChI=1S/C16H19N3O3/c1-11(12-5-4-8-17-10-12)18-16(20)19-14-7-6-13(21-2)9-15(14)22-3/h4-11H,1-3H3,(H2,18,19,20)/t11-/m1/s1. The highest BCUT2D eigenvalue weighted by Gasteiger charge is 2.12. The van der Waals surface area contributed by atoms with E-state index in [1.165, 1.54) is 7.11 Å². The van der Waals surface area contributed by atoms with Gasteiger partial charge in [-0.3, -0.25) is 4.98 Å². The molecule has 6 nitrogen and oxygen atoms in total. The molecular formula is C16H19N3O3. The van der Waals surface area contributed by atoms with Crippen molar-refractivity contribution in [2.45, 2.75) is 13.0 Å². The predicted molar refractivity (Wildman–Crippen MR) is 84.4 cm³/mol. The Kier molecular flexibility index (Phi) is 5.19. The Morgan fingerprint density at radius 3 is 2.68 bits per heavy atom. The zero-order valence-electron chi connectivity index (χ0n) is 12.8. The first-order chi connectivity index (χ1) is 10.6. The number of urea groups is 1. The van der Waals surface area contributed by atoms with Crippen molar-refractivity contribution in [3.8, 4) is 11.5 Å². The van der Waals surface area contributed by atoms with Crippen LogP contribution in [0.4, 0.5) is 10.5 Å². The lowest BCUT2D eigenvalue weighted by Gasteiger charge is -2.16. The molecule has 0 spiro atoms. The molecule has 0 unspecified atom stereocenters. The Morgan fingerprint density at radius 2 is 2.05 bits per heavy atom. The Bertz CT molecular complexity index is 632. The number of hydrogen-bond donors (Lipinski definition) is 2. The molecule has 2 aromatic rings. The summed E-state index contributed by atoms with van der Waals surface area (Å²) in [4.78, 5) is 16.1. The van der Waals surface area contributed by atoms with Crippen LogP contribution in [-0.2, 0) is 0 Å². The van der Waals surface area contributed by atoms with Crippen LogP contribution < -0.4 is 20.1 Å². The summed E-state index contributed by atoms with van der Waals surface area (Å²) in [7, 11) is 3.11. The van der Waals surface area contributed by atoms with E-state index < -0.39 is 0 Å². The van der Waals surface area contributed by atoms with Crippen molar-refractivity contribution in [3.05, 3.63) is 48.3 Å². The third kappa shape index (κ3) is 3.88. The lowest BCUT2D eigenvalue weighted by molar-refractivity contribution is 0.249. The number of benzene rings is 1. The molecule has 0 fully saturated rings. The average Bonchev–Trinajstić information content (AvgIpc) is 2.55. The second kappa shape index (κ2) is 7.31. The van der Waals surface area contributed by atoms with Crippen LogP contribution in [0.5, 0.6) is 11.5 Å². The van der Waals surface area contributed by atoms with E-state index >= 15 is 0 Å². The number of ether oxygens (including phenoxy) is 2. The van der Waals surface area contributed by atoms with Crippen LogP contribution in [0.15, 0.2) is 42.7 Å². The van der Waals surface area contributed by atoms with E-state index in [4.69, 9.17) is 9.47 Å². The van der Waals surface area contributed by atoms with Crippen LogP contribution in [0.3, 0.4) is 0 Å². The zero-order valence-corrected chi connectivity index (χ0v) is 12.8. The summed E-state index contributed by atoms with van der Waals surface area (Å²) < 4.78 is 10.4. The van der Waals surface area contributed by atoms with Crippen LogP contribution >= 0.6 is 0 Å². The van der Waals surface area contributed by atoms with Gasteiger partial charge in [-0.1, -0.05) is 6.07 Å². The second-order valence-electron chi connectivity index (χ2n) is 4.67. The maximum absolute atomic E-state index is 12.1. The lowest BCUT2D eigenvalue weighted by Crippen LogP contribution is -2.31. The number of nitrogens with one attached hydrogen (secondary N) is 2. The minimum atomic E-state index is -0.320. The average molecular weight is 301 g/mol. The third-order valence-electron chi connectivity index (χ3n) is 3.19. The van der Waals surface area contributed by atoms with Gasteiger partial charge in [0, 0.05) is 18.5 Å². The van der Waals surface area contributed by atoms with Gasteiger partial charge in [0.25, 0.3) is 0 Å². The molecule has 1 aromatic heterocycles. The maximum atomic E-state index is 12.1. The largest absolute Gasteiger partial charge is 0.497 e. The monoisotopic (exact) mass is 301 g/mol. The van der Waals surface area contributed by atoms with Gasteiger partial charge in [-0.25, -0.2) is 4.79 Å². The van der Waals surface area contributed by atoms with Gasteiger partial charge in [-0.05, 0) is 30.7 Å². The van der Waals surface area contributed by atoms with Gasteiger partial charge in [0.2, 0.25) is 0 Å². The third-order valence-corrected chi connectivity index (χ3v) is 3.19. The quantitative estimate of drug-likeness (QED) is 0.890. The number of carbonyl (C=O) groups is 1. The van der Waals surface area contributed by atoms with Crippen LogP contribution in [0.25, 0.3) is 0 Å². The fourth-order valence-corrected chi connectivity index (χ4v) is 1.97. The van der Waals surface area contributed by atoms with Crippen molar-refractivity contribution in [2.75, 3.05) is 19.5 Å². The molecule has 0 radical (unpaired) electrons. The fraction of sp³-hybridized carbons (Fsp3) is 0.250. The molecule has 2 rings (SSSR count). The van der Waals surface area contributed by atoms with Crippen molar-refractivity contribution in [1.29, 1.82) is 0 Å². The summed E-state index contributed by atoms with van der Waals surface area (Å²) in [6, 6.07) is 8.45. The molecule has 0 aliphatic rings. The molecule has 2 amide bonds. The first-order valence-corrected chi connectivity index (χ1v) is 6.83. The molecule has 1 aromatic carbocycles. The van der Waals surface area contributed by atoms with Crippen molar-refractivity contribution >= 4 is 11.7 Å². The zero-order chi connectivity index (χ0) is 15.9. The highest BCUT2D eigenvalue weighted by molar-refractivity contribution is 5.91. The minimum Gasteiger partial charge on any atom is -0.497 e. The number of carbonyl (C=O) groups excluding carboxylic acids is 1. The summed E-state index contributed by atoms with van der Waals surface area (Å²) >= 11 is 0. The van der Waals surface area contributed by atoms with Crippen LogP contribution in [0.2, 0.25) is 0 Å². The highest BCUT2D eigenvalue weighted by Crippen LogP contribution is 2.29. The van der Waals surface area contributed by atoms with Gasteiger partial charge in [0.1, 0.15) is 11.5 Å². The minimum absolute atomic E-state index is 0.155. The van der Waals surface area contributed by atoms with Crippen molar-refractivity contribution in [2.24, 2.45) is 0 Å². The Balaban J connectivity index is 2.03. The summed E-state index contributed by atoms with van der Waals surface area (Å²) in [5, 5.41) is 5.61. The molecule has 0 aliphatic carbocycles. The van der Waals surface area contributed by atoms with Gasteiger partial charge in [-0.2, -0.15) is 0 Å². The number of rotatable bonds is 5. The first-order valence-electron chi connectivity index (χ1n) is 6.83. The van der Waals surface area contributed by atoms with E-state index in [2.05, 4.69) is 15.6 Å². The van der Waals surface area contributed by atoms with Crippen molar-refractivity contribution < 1.29 is 14.3 Å². The van der Waals surface area contributed by atoms with Gasteiger partial charge >= 0.3 is 6.03 Å².